The minimum absolute atomic E-state index is 0.116. The molecule has 1 aromatic carbocycles. The molecule has 2 N–H and O–H groups in total. The van der Waals surface area contributed by atoms with Crippen molar-refractivity contribution >= 4 is 23.2 Å². The Balaban J connectivity index is 1.95. The van der Waals surface area contributed by atoms with E-state index < -0.39 is 0 Å². The molecule has 1 atom stereocenters. The van der Waals surface area contributed by atoms with E-state index in [1.807, 2.05) is 0 Å². The number of aromatic hydroxyl groups is 1. The largest absolute Gasteiger partial charge is 0.506 e. The van der Waals surface area contributed by atoms with E-state index in [1.54, 1.807) is 12.1 Å². The second-order valence-corrected chi connectivity index (χ2v) is 6.30. The molecule has 0 aliphatic carbocycles. The summed E-state index contributed by atoms with van der Waals surface area (Å²) in [5.74, 6) is 0.116. The topological polar surface area (TPSA) is 46.9 Å². The number of nitrogens with zero attached hydrogens (tertiary/aromatic N) is 2. The second-order valence-electron chi connectivity index (χ2n) is 5.45. The monoisotopic (exact) mass is 332 g/mol. The number of rotatable bonds is 5. The highest BCUT2D eigenvalue weighted by molar-refractivity contribution is 6.35. The fourth-order valence-electron chi connectivity index (χ4n) is 2.77. The van der Waals surface area contributed by atoms with Gasteiger partial charge in [0.25, 0.3) is 0 Å². The molecular weight excluding hydrogens is 311 g/mol. The van der Waals surface area contributed by atoms with Crippen LogP contribution in [-0.2, 0) is 6.54 Å². The summed E-state index contributed by atoms with van der Waals surface area (Å²) in [6, 6.07) is 3.56. The summed E-state index contributed by atoms with van der Waals surface area (Å²) in [6.45, 7) is 6.60. The maximum absolute atomic E-state index is 10.0. The molecule has 1 aliphatic heterocycles. The first kappa shape index (κ1) is 16.8. The van der Waals surface area contributed by atoms with Crippen LogP contribution in [0.25, 0.3) is 0 Å². The second kappa shape index (κ2) is 7.65. The van der Waals surface area contributed by atoms with Crippen molar-refractivity contribution in [2.45, 2.75) is 25.9 Å². The number of hydrogen-bond donors (Lipinski definition) is 2. The van der Waals surface area contributed by atoms with Gasteiger partial charge in [0.05, 0.1) is 11.6 Å². The van der Waals surface area contributed by atoms with E-state index in [9.17, 15) is 10.2 Å². The third kappa shape index (κ3) is 4.24. The highest BCUT2D eigenvalue weighted by atomic mass is 35.5. The first-order chi connectivity index (χ1) is 10.0. The van der Waals surface area contributed by atoms with Crippen LogP contribution in [0.1, 0.15) is 18.9 Å². The number of benzene rings is 1. The van der Waals surface area contributed by atoms with Crippen molar-refractivity contribution in [3.63, 3.8) is 0 Å². The fraction of sp³-hybridized carbons (Fsp3) is 0.600. The summed E-state index contributed by atoms with van der Waals surface area (Å²) in [5.41, 5.74) is 0.759. The molecule has 118 valence electrons. The summed E-state index contributed by atoms with van der Waals surface area (Å²) in [6.07, 6.45) is 0.960. The standard InChI is InChI=1S/C15H22Cl2N2O2/c1-2-13(10-20)19-5-3-18(4-6-19)9-11-7-12(16)8-14(17)15(11)21/h7-8,13,20-21H,2-6,9-10H2,1H3. The van der Waals surface area contributed by atoms with Gasteiger partial charge in [-0.05, 0) is 18.6 Å². The lowest BCUT2D eigenvalue weighted by atomic mass is 10.1. The van der Waals surface area contributed by atoms with Crippen molar-refractivity contribution in [2.75, 3.05) is 32.8 Å². The van der Waals surface area contributed by atoms with Gasteiger partial charge in [-0.1, -0.05) is 30.1 Å². The lowest BCUT2D eigenvalue weighted by molar-refractivity contribution is 0.0606. The Kier molecular flexibility index (Phi) is 6.14. The van der Waals surface area contributed by atoms with Crippen molar-refractivity contribution in [1.82, 2.24) is 9.80 Å². The number of piperazine rings is 1. The Morgan fingerprint density at radius 3 is 2.43 bits per heavy atom. The minimum Gasteiger partial charge on any atom is -0.506 e. The van der Waals surface area contributed by atoms with Crippen LogP contribution in [0.3, 0.4) is 0 Å². The normalized spacial score (nSPS) is 18.9. The average Bonchev–Trinajstić information content (AvgIpc) is 2.47. The molecule has 1 fully saturated rings. The van der Waals surface area contributed by atoms with Crippen LogP contribution in [0.5, 0.6) is 5.75 Å². The highest BCUT2D eigenvalue weighted by Gasteiger charge is 2.23. The van der Waals surface area contributed by atoms with Gasteiger partial charge in [-0.15, -0.1) is 0 Å². The molecule has 0 saturated carbocycles. The van der Waals surface area contributed by atoms with Gasteiger partial charge in [-0.25, -0.2) is 0 Å². The SMILES string of the molecule is CCC(CO)N1CCN(Cc2cc(Cl)cc(Cl)c2O)CC1. The van der Waals surface area contributed by atoms with Gasteiger partial charge in [0, 0.05) is 49.4 Å². The average molecular weight is 333 g/mol. The molecule has 0 aromatic heterocycles. The summed E-state index contributed by atoms with van der Waals surface area (Å²) >= 11 is 11.9. The van der Waals surface area contributed by atoms with E-state index in [1.165, 1.54) is 0 Å². The Hall–Kier alpha value is -0.520. The quantitative estimate of drug-likeness (QED) is 0.870. The van der Waals surface area contributed by atoms with Crippen LogP contribution in [0.4, 0.5) is 0 Å². The van der Waals surface area contributed by atoms with Gasteiger partial charge < -0.3 is 10.2 Å². The van der Waals surface area contributed by atoms with Gasteiger partial charge in [-0.3, -0.25) is 9.80 Å². The molecule has 1 aliphatic rings. The van der Waals surface area contributed by atoms with Crippen LogP contribution in [0.15, 0.2) is 12.1 Å². The molecule has 6 heteroatoms. The van der Waals surface area contributed by atoms with Crippen LogP contribution in [0, 0.1) is 0 Å². The summed E-state index contributed by atoms with van der Waals surface area (Å²) in [7, 11) is 0. The Morgan fingerprint density at radius 1 is 1.19 bits per heavy atom. The Morgan fingerprint density at radius 2 is 1.86 bits per heavy atom. The maximum Gasteiger partial charge on any atom is 0.138 e. The number of halogens is 2. The summed E-state index contributed by atoms with van der Waals surface area (Å²) < 4.78 is 0. The smallest absolute Gasteiger partial charge is 0.138 e. The highest BCUT2D eigenvalue weighted by Crippen LogP contribution is 2.32. The molecular formula is C15H22Cl2N2O2. The van der Waals surface area contributed by atoms with Crippen LogP contribution in [-0.4, -0.2) is 58.8 Å². The van der Waals surface area contributed by atoms with Gasteiger partial charge in [0.15, 0.2) is 0 Å². The lowest BCUT2D eigenvalue weighted by Crippen LogP contribution is -2.50. The van der Waals surface area contributed by atoms with Crippen molar-refractivity contribution in [2.24, 2.45) is 0 Å². The molecule has 1 saturated heterocycles. The number of aliphatic hydroxyl groups excluding tert-OH is 1. The molecule has 1 aromatic rings. The van der Waals surface area contributed by atoms with Crippen molar-refractivity contribution in [1.29, 1.82) is 0 Å². The molecule has 0 bridgehead atoms. The summed E-state index contributed by atoms with van der Waals surface area (Å²) in [5, 5.41) is 20.2. The van der Waals surface area contributed by atoms with Crippen molar-refractivity contribution in [3.05, 3.63) is 27.7 Å². The van der Waals surface area contributed by atoms with Crippen molar-refractivity contribution in [3.8, 4) is 5.75 Å². The Bertz CT molecular complexity index is 473. The Labute approximate surface area is 135 Å². The van der Waals surface area contributed by atoms with Crippen LogP contribution in [0.2, 0.25) is 10.0 Å². The fourth-order valence-corrected chi connectivity index (χ4v) is 3.31. The van der Waals surface area contributed by atoms with Crippen LogP contribution >= 0.6 is 23.2 Å². The zero-order chi connectivity index (χ0) is 15.4. The molecule has 1 heterocycles. The zero-order valence-corrected chi connectivity index (χ0v) is 13.7. The lowest BCUT2D eigenvalue weighted by Gasteiger charge is -2.38. The van der Waals surface area contributed by atoms with Crippen LogP contribution < -0.4 is 0 Å². The molecule has 4 nitrogen and oxygen atoms in total. The van der Waals surface area contributed by atoms with Gasteiger partial charge in [-0.2, -0.15) is 0 Å². The van der Waals surface area contributed by atoms with Gasteiger partial charge in [0.2, 0.25) is 0 Å². The number of aliphatic hydroxyl groups is 1. The molecule has 0 amide bonds. The summed E-state index contributed by atoms with van der Waals surface area (Å²) in [4.78, 5) is 4.59. The predicted molar refractivity (Wildman–Crippen MR) is 86.1 cm³/mol. The number of phenols is 1. The van der Waals surface area contributed by atoms with E-state index in [0.29, 0.717) is 16.6 Å². The van der Waals surface area contributed by atoms with Gasteiger partial charge >= 0.3 is 0 Å². The van der Waals surface area contributed by atoms with E-state index in [-0.39, 0.29) is 18.4 Å². The molecule has 0 spiro atoms. The third-order valence-corrected chi connectivity index (χ3v) is 4.61. The minimum atomic E-state index is 0.116. The van der Waals surface area contributed by atoms with E-state index in [4.69, 9.17) is 23.2 Å². The third-order valence-electron chi connectivity index (χ3n) is 4.11. The first-order valence-corrected chi connectivity index (χ1v) is 8.04. The first-order valence-electron chi connectivity index (χ1n) is 7.29. The van der Waals surface area contributed by atoms with E-state index in [0.717, 1.165) is 38.2 Å². The van der Waals surface area contributed by atoms with Crippen molar-refractivity contribution < 1.29 is 10.2 Å². The molecule has 21 heavy (non-hydrogen) atoms. The number of phenolic OH excluding ortho intramolecular Hbond substituents is 1. The molecule has 1 unspecified atom stereocenters. The zero-order valence-electron chi connectivity index (χ0n) is 12.2. The number of hydrogen-bond acceptors (Lipinski definition) is 4. The predicted octanol–water partition coefficient (Wildman–Crippen LogP) is 2.59. The maximum atomic E-state index is 10.0. The molecule has 2 rings (SSSR count). The van der Waals surface area contributed by atoms with E-state index in [2.05, 4.69) is 16.7 Å². The van der Waals surface area contributed by atoms with E-state index >= 15 is 0 Å². The molecule has 0 radical (unpaired) electrons. The van der Waals surface area contributed by atoms with Gasteiger partial charge in [0.1, 0.15) is 5.75 Å².